The number of nitrogens with one attached hydrogen (secondary N) is 1. The first-order valence-corrected chi connectivity index (χ1v) is 11.2. The third-order valence-electron chi connectivity index (χ3n) is 4.93. The molecule has 0 atom stereocenters. The number of ether oxygens (including phenoxy) is 1. The summed E-state index contributed by atoms with van der Waals surface area (Å²) >= 11 is 9.69. The number of rotatable bonds is 7. The van der Waals surface area contributed by atoms with E-state index in [9.17, 15) is 4.79 Å². The highest BCUT2D eigenvalue weighted by molar-refractivity contribution is 9.10. The molecule has 0 spiro atoms. The summed E-state index contributed by atoms with van der Waals surface area (Å²) in [5, 5.41) is 6.95. The molecular formula is C26H20BrClN2O2. The van der Waals surface area contributed by atoms with Crippen molar-refractivity contribution >= 4 is 50.4 Å². The highest BCUT2D eigenvalue weighted by Gasteiger charge is 2.07. The van der Waals surface area contributed by atoms with Gasteiger partial charge in [-0.05, 0) is 62.1 Å². The third kappa shape index (κ3) is 5.55. The van der Waals surface area contributed by atoms with Gasteiger partial charge in [-0.2, -0.15) is 5.10 Å². The van der Waals surface area contributed by atoms with E-state index in [1.54, 1.807) is 6.21 Å². The maximum Gasteiger partial charge on any atom is 0.244 e. The molecule has 0 aromatic heterocycles. The Balaban J connectivity index is 1.34. The zero-order valence-corrected chi connectivity index (χ0v) is 19.4. The Bertz CT molecular complexity index is 1280. The van der Waals surface area contributed by atoms with Crippen LogP contribution in [0.4, 0.5) is 0 Å². The van der Waals surface area contributed by atoms with Crippen molar-refractivity contribution in [3.8, 4) is 5.75 Å². The van der Waals surface area contributed by atoms with Crippen molar-refractivity contribution in [1.29, 1.82) is 0 Å². The number of carbonyl (C=O) groups excluding carboxylic acids is 1. The van der Waals surface area contributed by atoms with E-state index in [1.807, 2.05) is 84.9 Å². The SMILES string of the molecule is O=C(Cc1cccc2ccccc12)N/N=C\c1ccc(OCc2ccccc2Cl)c(Br)c1. The second kappa shape index (κ2) is 10.4. The minimum absolute atomic E-state index is 0.170. The van der Waals surface area contributed by atoms with Crippen molar-refractivity contribution < 1.29 is 9.53 Å². The van der Waals surface area contributed by atoms with Crippen molar-refractivity contribution in [2.75, 3.05) is 0 Å². The molecule has 6 heteroatoms. The van der Waals surface area contributed by atoms with Gasteiger partial charge in [-0.3, -0.25) is 4.79 Å². The summed E-state index contributed by atoms with van der Waals surface area (Å²) in [4.78, 5) is 12.3. The van der Waals surface area contributed by atoms with Crippen molar-refractivity contribution in [3.63, 3.8) is 0 Å². The van der Waals surface area contributed by atoms with Gasteiger partial charge in [0.25, 0.3) is 0 Å². The lowest BCUT2D eigenvalue weighted by Crippen LogP contribution is -2.19. The highest BCUT2D eigenvalue weighted by Crippen LogP contribution is 2.27. The minimum Gasteiger partial charge on any atom is -0.488 e. The van der Waals surface area contributed by atoms with Gasteiger partial charge in [0.15, 0.2) is 0 Å². The number of hydrogen-bond donors (Lipinski definition) is 1. The van der Waals surface area contributed by atoms with Crippen LogP contribution in [0.3, 0.4) is 0 Å². The smallest absolute Gasteiger partial charge is 0.244 e. The fraction of sp³-hybridized carbons (Fsp3) is 0.0769. The van der Waals surface area contributed by atoms with Crippen molar-refractivity contribution in [1.82, 2.24) is 5.43 Å². The van der Waals surface area contributed by atoms with Crippen LogP contribution < -0.4 is 10.2 Å². The van der Waals surface area contributed by atoms with Gasteiger partial charge < -0.3 is 4.74 Å². The molecule has 1 N–H and O–H groups in total. The summed E-state index contributed by atoms with van der Waals surface area (Å²) in [6, 6.07) is 27.1. The maximum absolute atomic E-state index is 12.3. The van der Waals surface area contributed by atoms with Crippen LogP contribution in [-0.2, 0) is 17.8 Å². The summed E-state index contributed by atoms with van der Waals surface area (Å²) in [6.45, 7) is 0.371. The molecule has 0 bridgehead atoms. The first-order chi connectivity index (χ1) is 15.6. The van der Waals surface area contributed by atoms with Crippen LogP contribution in [0.2, 0.25) is 5.02 Å². The van der Waals surface area contributed by atoms with Crippen molar-refractivity contribution in [3.05, 3.63) is 111 Å². The predicted octanol–water partition coefficient (Wildman–Crippen LogP) is 6.53. The second-order valence-electron chi connectivity index (χ2n) is 7.18. The molecule has 4 aromatic carbocycles. The summed E-state index contributed by atoms with van der Waals surface area (Å²) in [5.41, 5.74) is 5.32. The van der Waals surface area contributed by atoms with Gasteiger partial charge in [0.05, 0.1) is 17.1 Å². The average Bonchev–Trinajstić information content (AvgIpc) is 2.80. The Hall–Kier alpha value is -3.15. The molecule has 4 rings (SSSR count). The molecule has 0 unspecified atom stereocenters. The van der Waals surface area contributed by atoms with Crippen LogP contribution in [0.25, 0.3) is 10.8 Å². The number of amides is 1. The topological polar surface area (TPSA) is 50.7 Å². The number of fused-ring (bicyclic) bond motifs is 1. The number of nitrogens with zero attached hydrogens (tertiary/aromatic N) is 1. The molecule has 1 amide bonds. The Morgan fingerprint density at radius 1 is 0.969 bits per heavy atom. The van der Waals surface area contributed by atoms with E-state index in [0.29, 0.717) is 17.4 Å². The largest absolute Gasteiger partial charge is 0.488 e. The molecular weight excluding hydrogens is 488 g/mol. The molecule has 0 aliphatic carbocycles. The molecule has 0 saturated carbocycles. The highest BCUT2D eigenvalue weighted by atomic mass is 79.9. The lowest BCUT2D eigenvalue weighted by Gasteiger charge is -2.10. The first kappa shape index (κ1) is 22.1. The average molecular weight is 508 g/mol. The van der Waals surface area contributed by atoms with Crippen LogP contribution in [0.15, 0.2) is 94.5 Å². The molecule has 0 aliphatic rings. The molecule has 0 heterocycles. The Kier molecular flexibility index (Phi) is 7.20. The Morgan fingerprint density at radius 3 is 2.56 bits per heavy atom. The van der Waals surface area contributed by atoms with Crippen LogP contribution >= 0.6 is 27.5 Å². The number of benzene rings is 4. The van der Waals surface area contributed by atoms with Gasteiger partial charge in [0.1, 0.15) is 12.4 Å². The second-order valence-corrected chi connectivity index (χ2v) is 8.44. The van der Waals surface area contributed by atoms with Crippen LogP contribution in [0.5, 0.6) is 5.75 Å². The summed E-state index contributed by atoms with van der Waals surface area (Å²) in [7, 11) is 0. The number of hydrazone groups is 1. The molecule has 4 nitrogen and oxygen atoms in total. The van der Waals surface area contributed by atoms with Gasteiger partial charge in [0.2, 0.25) is 5.91 Å². The van der Waals surface area contributed by atoms with E-state index in [4.69, 9.17) is 16.3 Å². The molecule has 0 aliphatic heterocycles. The monoisotopic (exact) mass is 506 g/mol. The Morgan fingerprint density at radius 2 is 1.72 bits per heavy atom. The zero-order valence-electron chi connectivity index (χ0n) is 17.1. The van der Waals surface area contributed by atoms with E-state index in [2.05, 4.69) is 26.5 Å². The zero-order chi connectivity index (χ0) is 22.3. The van der Waals surface area contributed by atoms with Gasteiger partial charge in [-0.15, -0.1) is 0 Å². The minimum atomic E-state index is -0.170. The summed E-state index contributed by atoms with van der Waals surface area (Å²) in [6.07, 6.45) is 1.86. The molecule has 0 radical (unpaired) electrons. The predicted molar refractivity (Wildman–Crippen MR) is 133 cm³/mol. The lowest BCUT2D eigenvalue weighted by molar-refractivity contribution is -0.120. The molecule has 32 heavy (non-hydrogen) atoms. The number of halogens is 2. The van der Waals surface area contributed by atoms with Crippen LogP contribution in [-0.4, -0.2) is 12.1 Å². The number of hydrogen-bond acceptors (Lipinski definition) is 3. The van der Waals surface area contributed by atoms with Gasteiger partial charge in [-0.25, -0.2) is 5.43 Å². The van der Waals surface area contributed by atoms with E-state index >= 15 is 0 Å². The lowest BCUT2D eigenvalue weighted by atomic mass is 10.0. The fourth-order valence-corrected chi connectivity index (χ4v) is 4.02. The standard InChI is InChI=1S/C26H20BrClN2O2/c27-23-14-18(12-13-25(23)32-17-21-7-2-4-11-24(21)28)16-29-30-26(31)15-20-9-5-8-19-6-1-3-10-22(19)20/h1-14,16H,15,17H2,(H,30,31)/b29-16-. The van der Waals surface area contributed by atoms with Crippen LogP contribution in [0, 0.1) is 0 Å². The molecule has 4 aromatic rings. The van der Waals surface area contributed by atoms with Gasteiger partial charge >= 0.3 is 0 Å². The molecule has 160 valence electrons. The first-order valence-electron chi connectivity index (χ1n) is 10.0. The third-order valence-corrected chi connectivity index (χ3v) is 5.92. The Labute approximate surface area is 200 Å². The van der Waals surface area contributed by atoms with Crippen molar-refractivity contribution in [2.45, 2.75) is 13.0 Å². The quantitative estimate of drug-likeness (QED) is 0.228. The normalized spacial score (nSPS) is 11.1. The maximum atomic E-state index is 12.3. The van der Waals surface area contributed by atoms with Crippen LogP contribution in [0.1, 0.15) is 16.7 Å². The molecule has 0 fully saturated rings. The van der Waals surface area contributed by atoms with Gasteiger partial charge in [-0.1, -0.05) is 72.3 Å². The van der Waals surface area contributed by atoms with E-state index in [0.717, 1.165) is 31.9 Å². The van der Waals surface area contributed by atoms with E-state index in [1.165, 1.54) is 0 Å². The van der Waals surface area contributed by atoms with Gasteiger partial charge in [0, 0.05) is 10.6 Å². The summed E-state index contributed by atoms with van der Waals surface area (Å²) < 4.78 is 6.64. The summed E-state index contributed by atoms with van der Waals surface area (Å²) in [5.74, 6) is 0.526. The van der Waals surface area contributed by atoms with E-state index in [-0.39, 0.29) is 12.3 Å². The number of carbonyl (C=O) groups is 1. The fourth-order valence-electron chi connectivity index (χ4n) is 3.32. The van der Waals surface area contributed by atoms with Crippen molar-refractivity contribution in [2.24, 2.45) is 5.10 Å². The molecule has 0 saturated heterocycles. The van der Waals surface area contributed by atoms with E-state index < -0.39 is 0 Å².